The Kier molecular flexibility index (Phi) is 4.70. The van der Waals surface area contributed by atoms with Crippen LogP contribution < -0.4 is 4.74 Å². The average molecular weight is 380 g/mol. The molecule has 2 aliphatic heterocycles. The summed E-state index contributed by atoms with van der Waals surface area (Å²) in [7, 11) is 0. The molecule has 0 radical (unpaired) electrons. The topological polar surface area (TPSA) is 55.8 Å². The maximum absolute atomic E-state index is 11.4. The van der Waals surface area contributed by atoms with E-state index in [0.29, 0.717) is 5.92 Å². The molecule has 0 aliphatic carbocycles. The van der Waals surface area contributed by atoms with Crippen LogP contribution in [0.2, 0.25) is 0 Å². The maximum atomic E-state index is 11.4. The lowest BCUT2D eigenvalue weighted by molar-refractivity contribution is -0.153. The fraction of sp³-hybridized carbons (Fsp3) is 0.458. The van der Waals surface area contributed by atoms with Crippen LogP contribution in [0, 0.1) is 5.92 Å². The molecule has 4 nitrogen and oxygen atoms in total. The lowest BCUT2D eigenvalue weighted by Crippen LogP contribution is -2.50. The zero-order chi connectivity index (χ0) is 20.1. The van der Waals surface area contributed by atoms with E-state index in [9.17, 15) is 9.90 Å². The molecule has 0 spiro atoms. The summed E-state index contributed by atoms with van der Waals surface area (Å²) < 4.78 is 12.8. The number of fused-ring (bicyclic) bond motifs is 3. The number of hydrogen-bond donors (Lipinski definition) is 1. The van der Waals surface area contributed by atoms with Crippen molar-refractivity contribution in [1.82, 2.24) is 0 Å². The third kappa shape index (κ3) is 3.20. The second kappa shape index (κ2) is 6.93. The minimum Gasteiger partial charge on any atom is -0.487 e. The molecule has 0 aromatic heterocycles. The van der Waals surface area contributed by atoms with Crippen LogP contribution in [0.3, 0.4) is 0 Å². The van der Waals surface area contributed by atoms with E-state index < -0.39 is 5.97 Å². The molecule has 1 fully saturated rings. The number of hydrogen-bond acceptors (Lipinski definition) is 3. The standard InChI is InChI=1S/C24H28O4/c1-5-15-6-8-16(9-7-15)18-13-20-22(27-14(18)2)19-12-17(23(25)26)10-11-21(19)28-24(20,3)4/h6-12,14,18,20,22H,5,13H2,1-4H3,(H,25,26)/t14-,18-,20-,22+/m0/s1. The Morgan fingerprint density at radius 1 is 1.18 bits per heavy atom. The third-order valence-electron chi connectivity index (χ3n) is 6.45. The van der Waals surface area contributed by atoms with Crippen molar-refractivity contribution in [1.29, 1.82) is 0 Å². The van der Waals surface area contributed by atoms with Crippen molar-refractivity contribution in [3.63, 3.8) is 0 Å². The van der Waals surface area contributed by atoms with Gasteiger partial charge in [0.1, 0.15) is 11.4 Å². The van der Waals surface area contributed by atoms with Gasteiger partial charge < -0.3 is 14.6 Å². The molecule has 2 aromatic carbocycles. The third-order valence-corrected chi connectivity index (χ3v) is 6.45. The molecule has 0 unspecified atom stereocenters. The summed E-state index contributed by atoms with van der Waals surface area (Å²) in [6.45, 7) is 8.50. The molecule has 4 heteroatoms. The van der Waals surface area contributed by atoms with Gasteiger partial charge in [-0.1, -0.05) is 31.2 Å². The number of carboxylic acid groups (broad SMARTS) is 1. The Balaban J connectivity index is 1.69. The van der Waals surface area contributed by atoms with Crippen molar-refractivity contribution in [2.24, 2.45) is 5.92 Å². The smallest absolute Gasteiger partial charge is 0.335 e. The number of benzene rings is 2. The molecule has 4 rings (SSSR count). The molecule has 2 aliphatic rings. The van der Waals surface area contributed by atoms with Gasteiger partial charge in [0.2, 0.25) is 0 Å². The van der Waals surface area contributed by atoms with Crippen molar-refractivity contribution >= 4 is 5.97 Å². The molecule has 2 aromatic rings. The molecule has 28 heavy (non-hydrogen) atoms. The van der Waals surface area contributed by atoms with Crippen LogP contribution in [-0.4, -0.2) is 22.8 Å². The van der Waals surface area contributed by atoms with E-state index in [4.69, 9.17) is 9.47 Å². The summed E-state index contributed by atoms with van der Waals surface area (Å²) in [6.07, 6.45) is 1.87. The second-order valence-electron chi connectivity index (χ2n) is 8.57. The van der Waals surface area contributed by atoms with E-state index in [0.717, 1.165) is 24.2 Å². The molecule has 148 valence electrons. The highest BCUT2D eigenvalue weighted by Gasteiger charge is 2.49. The van der Waals surface area contributed by atoms with Gasteiger partial charge in [-0.15, -0.1) is 0 Å². The van der Waals surface area contributed by atoms with Crippen molar-refractivity contribution in [2.75, 3.05) is 0 Å². The summed E-state index contributed by atoms with van der Waals surface area (Å²) in [5.41, 5.74) is 3.38. The first-order chi connectivity index (χ1) is 13.3. The largest absolute Gasteiger partial charge is 0.487 e. The predicted octanol–water partition coefficient (Wildman–Crippen LogP) is 5.37. The molecule has 2 heterocycles. The fourth-order valence-corrected chi connectivity index (χ4v) is 4.71. The lowest BCUT2D eigenvalue weighted by atomic mass is 9.70. The zero-order valence-electron chi connectivity index (χ0n) is 16.9. The zero-order valence-corrected chi connectivity index (χ0v) is 16.9. The molecular weight excluding hydrogens is 352 g/mol. The Morgan fingerprint density at radius 2 is 1.89 bits per heavy atom. The number of carbonyl (C=O) groups is 1. The Morgan fingerprint density at radius 3 is 2.54 bits per heavy atom. The van der Waals surface area contributed by atoms with Gasteiger partial charge in [0.05, 0.1) is 17.8 Å². The Labute approximate surface area is 166 Å². The molecular formula is C24H28O4. The number of rotatable bonds is 3. The Hall–Kier alpha value is -2.33. The van der Waals surface area contributed by atoms with Crippen LogP contribution in [0.4, 0.5) is 0 Å². The van der Waals surface area contributed by atoms with Gasteiger partial charge in [0.15, 0.2) is 0 Å². The SMILES string of the molecule is CCc1ccc([C@H]2C[C@H]3[C@H](O[C@H]2C)c2cc(C(=O)O)ccc2OC3(C)C)cc1. The number of aromatic carboxylic acids is 1. The molecule has 0 saturated carbocycles. The van der Waals surface area contributed by atoms with E-state index in [2.05, 4.69) is 52.0 Å². The summed E-state index contributed by atoms with van der Waals surface area (Å²) in [4.78, 5) is 11.4. The van der Waals surface area contributed by atoms with E-state index >= 15 is 0 Å². The molecule has 1 saturated heterocycles. The molecule has 1 N–H and O–H groups in total. The van der Waals surface area contributed by atoms with Gasteiger partial charge in [0, 0.05) is 17.4 Å². The summed E-state index contributed by atoms with van der Waals surface area (Å²) in [5.74, 6) is 0.242. The fourth-order valence-electron chi connectivity index (χ4n) is 4.71. The monoisotopic (exact) mass is 380 g/mol. The highest BCUT2D eigenvalue weighted by atomic mass is 16.5. The van der Waals surface area contributed by atoms with Gasteiger partial charge in [-0.3, -0.25) is 0 Å². The first-order valence-electron chi connectivity index (χ1n) is 10.1. The number of carboxylic acids is 1. The highest BCUT2D eigenvalue weighted by Crippen LogP contribution is 2.53. The lowest BCUT2D eigenvalue weighted by Gasteiger charge is -2.50. The second-order valence-corrected chi connectivity index (χ2v) is 8.57. The van der Waals surface area contributed by atoms with Crippen LogP contribution in [0.1, 0.15) is 73.2 Å². The van der Waals surface area contributed by atoms with Crippen LogP contribution >= 0.6 is 0 Å². The predicted molar refractivity (Wildman–Crippen MR) is 108 cm³/mol. The van der Waals surface area contributed by atoms with Gasteiger partial charge in [0.25, 0.3) is 0 Å². The van der Waals surface area contributed by atoms with Crippen LogP contribution in [0.5, 0.6) is 5.75 Å². The quantitative estimate of drug-likeness (QED) is 0.778. The van der Waals surface area contributed by atoms with Gasteiger partial charge in [-0.05, 0) is 62.9 Å². The van der Waals surface area contributed by atoms with Crippen LogP contribution in [0.25, 0.3) is 0 Å². The summed E-state index contributed by atoms with van der Waals surface area (Å²) in [5, 5.41) is 9.39. The van der Waals surface area contributed by atoms with Gasteiger partial charge in [-0.2, -0.15) is 0 Å². The van der Waals surface area contributed by atoms with Crippen LogP contribution in [0.15, 0.2) is 42.5 Å². The van der Waals surface area contributed by atoms with Crippen molar-refractivity contribution in [2.45, 2.75) is 64.3 Å². The molecule has 0 amide bonds. The Bertz CT molecular complexity index is 884. The summed E-state index contributed by atoms with van der Waals surface area (Å²) >= 11 is 0. The van der Waals surface area contributed by atoms with E-state index in [1.807, 2.05) is 0 Å². The van der Waals surface area contributed by atoms with Gasteiger partial charge in [-0.25, -0.2) is 4.79 Å². The van der Waals surface area contributed by atoms with Crippen molar-refractivity contribution < 1.29 is 19.4 Å². The van der Waals surface area contributed by atoms with E-state index in [-0.39, 0.29) is 29.3 Å². The first kappa shape index (κ1) is 19.0. The van der Waals surface area contributed by atoms with E-state index in [1.165, 1.54) is 11.1 Å². The number of aryl methyl sites for hydroxylation is 1. The minimum atomic E-state index is -0.929. The average Bonchev–Trinajstić information content (AvgIpc) is 2.67. The van der Waals surface area contributed by atoms with E-state index in [1.54, 1.807) is 18.2 Å². The normalized spacial score (nSPS) is 28.0. The minimum absolute atomic E-state index is 0.0453. The van der Waals surface area contributed by atoms with Crippen molar-refractivity contribution in [3.8, 4) is 5.75 Å². The van der Waals surface area contributed by atoms with Crippen molar-refractivity contribution in [3.05, 3.63) is 64.7 Å². The first-order valence-corrected chi connectivity index (χ1v) is 10.1. The maximum Gasteiger partial charge on any atom is 0.335 e. The van der Waals surface area contributed by atoms with Crippen LogP contribution in [-0.2, 0) is 11.2 Å². The van der Waals surface area contributed by atoms with Gasteiger partial charge >= 0.3 is 5.97 Å². The molecule has 4 atom stereocenters. The highest BCUT2D eigenvalue weighted by molar-refractivity contribution is 5.88. The number of ether oxygens (including phenoxy) is 2. The summed E-state index contributed by atoms with van der Waals surface area (Å²) in [6, 6.07) is 13.9. The molecule has 0 bridgehead atoms.